The van der Waals surface area contributed by atoms with Gasteiger partial charge in [0.25, 0.3) is 0 Å². The van der Waals surface area contributed by atoms with E-state index in [0.29, 0.717) is 11.7 Å². The van der Waals surface area contributed by atoms with Crippen LogP contribution in [-0.4, -0.2) is 9.97 Å². The van der Waals surface area contributed by atoms with Crippen LogP contribution in [0.15, 0.2) is 6.20 Å². The van der Waals surface area contributed by atoms with Gasteiger partial charge in [-0.1, -0.05) is 13.8 Å². The molecule has 2 N–H and O–H groups in total. The summed E-state index contributed by atoms with van der Waals surface area (Å²) in [5.74, 6) is 2.01. The number of nitrogen functional groups attached to an aromatic ring is 1. The summed E-state index contributed by atoms with van der Waals surface area (Å²) in [7, 11) is 0. The fraction of sp³-hybridized carbons (Fsp3) is 0.556. The highest BCUT2D eigenvalue weighted by molar-refractivity contribution is 5.35. The van der Waals surface area contributed by atoms with Crippen molar-refractivity contribution in [3.8, 4) is 0 Å². The van der Waals surface area contributed by atoms with Crippen LogP contribution in [0.1, 0.15) is 25.2 Å². The molecule has 0 aliphatic heterocycles. The second-order valence-corrected chi connectivity index (χ2v) is 3.45. The lowest BCUT2D eigenvalue weighted by Crippen LogP contribution is -2.04. The van der Waals surface area contributed by atoms with Crippen LogP contribution in [0.4, 0.5) is 5.82 Å². The van der Waals surface area contributed by atoms with Gasteiger partial charge in [0.2, 0.25) is 0 Å². The molecule has 0 fully saturated rings. The third kappa shape index (κ3) is 2.19. The van der Waals surface area contributed by atoms with Crippen LogP contribution in [0.25, 0.3) is 0 Å². The number of hydrogen-bond acceptors (Lipinski definition) is 3. The zero-order chi connectivity index (χ0) is 9.14. The highest BCUT2D eigenvalue weighted by Gasteiger charge is 2.02. The molecule has 0 atom stereocenters. The average molecular weight is 165 g/mol. The third-order valence-electron chi connectivity index (χ3n) is 1.65. The molecule has 0 radical (unpaired) electrons. The minimum Gasteiger partial charge on any atom is -0.383 e. The van der Waals surface area contributed by atoms with Gasteiger partial charge in [-0.3, -0.25) is 0 Å². The van der Waals surface area contributed by atoms with Crippen molar-refractivity contribution >= 4 is 5.82 Å². The van der Waals surface area contributed by atoms with E-state index in [1.54, 1.807) is 6.20 Å². The number of anilines is 1. The summed E-state index contributed by atoms with van der Waals surface area (Å²) in [6.45, 7) is 6.19. The average Bonchev–Trinajstić information content (AvgIpc) is 1.96. The van der Waals surface area contributed by atoms with Gasteiger partial charge in [-0.25, -0.2) is 9.97 Å². The first-order chi connectivity index (χ1) is 5.59. The van der Waals surface area contributed by atoms with Crippen molar-refractivity contribution in [1.82, 2.24) is 9.97 Å². The summed E-state index contributed by atoms with van der Waals surface area (Å²) in [5.41, 5.74) is 6.59. The molecule has 1 aromatic rings. The Morgan fingerprint density at radius 3 is 2.67 bits per heavy atom. The SMILES string of the molecule is Cc1cnc(CC(C)C)nc1N. The molecule has 0 saturated heterocycles. The van der Waals surface area contributed by atoms with Crippen molar-refractivity contribution in [2.75, 3.05) is 5.73 Å². The van der Waals surface area contributed by atoms with Gasteiger partial charge in [0, 0.05) is 18.2 Å². The van der Waals surface area contributed by atoms with Gasteiger partial charge in [0.05, 0.1) is 0 Å². The molecule has 3 heteroatoms. The van der Waals surface area contributed by atoms with Crippen LogP contribution in [0.2, 0.25) is 0 Å². The minimum atomic E-state index is 0.576. The molecule has 66 valence electrons. The Morgan fingerprint density at radius 1 is 1.50 bits per heavy atom. The molecule has 0 unspecified atom stereocenters. The predicted molar refractivity (Wildman–Crippen MR) is 49.7 cm³/mol. The normalized spacial score (nSPS) is 10.7. The number of aromatic nitrogens is 2. The first-order valence-corrected chi connectivity index (χ1v) is 4.17. The first-order valence-electron chi connectivity index (χ1n) is 4.17. The second-order valence-electron chi connectivity index (χ2n) is 3.45. The molecule has 0 aliphatic carbocycles. The standard InChI is InChI=1S/C9H15N3/c1-6(2)4-8-11-5-7(3)9(10)12-8/h5-6H,4H2,1-3H3,(H2,10,11,12). The predicted octanol–water partition coefficient (Wildman–Crippen LogP) is 1.57. The van der Waals surface area contributed by atoms with Crippen LogP contribution >= 0.6 is 0 Å². The molecule has 0 spiro atoms. The Balaban J connectivity index is 2.82. The monoisotopic (exact) mass is 165 g/mol. The molecular formula is C9H15N3. The fourth-order valence-electron chi connectivity index (χ4n) is 0.957. The Bertz CT molecular complexity index is 268. The molecule has 3 nitrogen and oxygen atoms in total. The van der Waals surface area contributed by atoms with E-state index in [9.17, 15) is 0 Å². The summed E-state index contributed by atoms with van der Waals surface area (Å²) in [6, 6.07) is 0. The molecule has 12 heavy (non-hydrogen) atoms. The van der Waals surface area contributed by atoms with Crippen LogP contribution < -0.4 is 5.73 Å². The van der Waals surface area contributed by atoms with Gasteiger partial charge in [-0.15, -0.1) is 0 Å². The fourth-order valence-corrected chi connectivity index (χ4v) is 0.957. The lowest BCUT2D eigenvalue weighted by molar-refractivity contribution is 0.621. The number of nitrogens with zero attached hydrogens (tertiary/aromatic N) is 2. The van der Waals surface area contributed by atoms with Gasteiger partial charge >= 0.3 is 0 Å². The summed E-state index contributed by atoms with van der Waals surface area (Å²) in [4.78, 5) is 8.37. The van der Waals surface area contributed by atoms with Crippen molar-refractivity contribution in [3.63, 3.8) is 0 Å². The number of aryl methyl sites for hydroxylation is 1. The first kappa shape index (κ1) is 8.97. The van der Waals surface area contributed by atoms with Crippen molar-refractivity contribution in [2.24, 2.45) is 5.92 Å². The number of rotatable bonds is 2. The third-order valence-corrected chi connectivity index (χ3v) is 1.65. The van der Waals surface area contributed by atoms with Crippen molar-refractivity contribution in [1.29, 1.82) is 0 Å². The quantitative estimate of drug-likeness (QED) is 0.723. The van der Waals surface area contributed by atoms with E-state index in [1.165, 1.54) is 0 Å². The number of hydrogen-bond donors (Lipinski definition) is 1. The Hall–Kier alpha value is -1.12. The van der Waals surface area contributed by atoms with Crippen molar-refractivity contribution in [2.45, 2.75) is 27.2 Å². The lowest BCUT2D eigenvalue weighted by atomic mass is 10.1. The van der Waals surface area contributed by atoms with E-state index in [1.807, 2.05) is 6.92 Å². The number of nitrogens with two attached hydrogens (primary N) is 1. The molecule has 1 aromatic heterocycles. The largest absolute Gasteiger partial charge is 0.383 e. The van der Waals surface area contributed by atoms with E-state index in [2.05, 4.69) is 23.8 Å². The highest BCUT2D eigenvalue weighted by atomic mass is 14.9. The maximum absolute atomic E-state index is 5.65. The Morgan fingerprint density at radius 2 is 2.17 bits per heavy atom. The molecule has 0 amide bonds. The van der Waals surface area contributed by atoms with Gasteiger partial charge in [-0.05, 0) is 12.8 Å². The van der Waals surface area contributed by atoms with Crippen LogP contribution in [0.3, 0.4) is 0 Å². The summed E-state index contributed by atoms with van der Waals surface area (Å²) in [5, 5.41) is 0. The van der Waals surface area contributed by atoms with Crippen molar-refractivity contribution < 1.29 is 0 Å². The van der Waals surface area contributed by atoms with Gasteiger partial charge in [-0.2, -0.15) is 0 Å². The summed E-state index contributed by atoms with van der Waals surface area (Å²) in [6.07, 6.45) is 2.67. The highest BCUT2D eigenvalue weighted by Crippen LogP contribution is 2.08. The maximum atomic E-state index is 5.65. The molecule has 0 saturated carbocycles. The topological polar surface area (TPSA) is 51.8 Å². The summed E-state index contributed by atoms with van der Waals surface area (Å²) >= 11 is 0. The van der Waals surface area contributed by atoms with E-state index in [4.69, 9.17) is 5.73 Å². The molecule has 1 heterocycles. The van der Waals surface area contributed by atoms with E-state index < -0.39 is 0 Å². The van der Waals surface area contributed by atoms with Crippen LogP contribution in [-0.2, 0) is 6.42 Å². The minimum absolute atomic E-state index is 0.576. The second kappa shape index (κ2) is 3.52. The van der Waals surface area contributed by atoms with Gasteiger partial charge in [0.1, 0.15) is 11.6 Å². The molecule has 0 bridgehead atoms. The molecule has 1 rings (SSSR count). The molecular weight excluding hydrogens is 150 g/mol. The maximum Gasteiger partial charge on any atom is 0.130 e. The van der Waals surface area contributed by atoms with Crippen LogP contribution in [0, 0.1) is 12.8 Å². The van der Waals surface area contributed by atoms with Gasteiger partial charge in [0.15, 0.2) is 0 Å². The zero-order valence-corrected chi connectivity index (χ0v) is 7.83. The zero-order valence-electron chi connectivity index (χ0n) is 7.83. The van der Waals surface area contributed by atoms with E-state index in [0.717, 1.165) is 17.8 Å². The van der Waals surface area contributed by atoms with Crippen LogP contribution in [0.5, 0.6) is 0 Å². The Labute approximate surface area is 73.0 Å². The van der Waals surface area contributed by atoms with Gasteiger partial charge < -0.3 is 5.73 Å². The Kier molecular flexibility index (Phi) is 2.63. The smallest absolute Gasteiger partial charge is 0.130 e. The molecule has 0 aliphatic rings. The summed E-state index contributed by atoms with van der Waals surface area (Å²) < 4.78 is 0. The molecule has 0 aromatic carbocycles. The van der Waals surface area contributed by atoms with E-state index >= 15 is 0 Å². The van der Waals surface area contributed by atoms with E-state index in [-0.39, 0.29) is 0 Å². The lowest BCUT2D eigenvalue weighted by Gasteiger charge is -2.04. The van der Waals surface area contributed by atoms with Crippen molar-refractivity contribution in [3.05, 3.63) is 17.6 Å².